The predicted octanol–water partition coefficient (Wildman–Crippen LogP) is 4.44. The van der Waals surface area contributed by atoms with Crippen LogP contribution in [-0.2, 0) is 16.8 Å². The van der Waals surface area contributed by atoms with Gasteiger partial charge in [0.2, 0.25) is 0 Å². The van der Waals surface area contributed by atoms with Crippen molar-refractivity contribution in [3.63, 3.8) is 0 Å². The van der Waals surface area contributed by atoms with Crippen molar-refractivity contribution in [2.45, 2.75) is 19.3 Å². The van der Waals surface area contributed by atoms with E-state index in [0.29, 0.717) is 39.3 Å². The maximum absolute atomic E-state index is 6.48. The summed E-state index contributed by atoms with van der Waals surface area (Å²) in [6, 6.07) is 0. The van der Waals surface area contributed by atoms with Crippen LogP contribution in [0.3, 0.4) is 0 Å². The maximum Gasteiger partial charge on any atom is 0 e. The second kappa shape index (κ2) is 36.2. The monoisotopic (exact) mass is 275 g/mol. The Morgan fingerprint density at radius 1 is 0.375 bits per heavy atom. The van der Waals surface area contributed by atoms with Crippen LogP contribution in [0.5, 0.6) is 0 Å². The van der Waals surface area contributed by atoms with Gasteiger partial charge in [-0.1, -0.05) is 19.3 Å². The van der Waals surface area contributed by atoms with Crippen molar-refractivity contribution in [1.29, 1.82) is 0 Å². The molecule has 0 aliphatic heterocycles. The van der Waals surface area contributed by atoms with E-state index < -0.39 is 0 Å². The molecule has 1 radical (unpaired) electrons. The van der Waals surface area contributed by atoms with E-state index in [-0.39, 0.29) is 16.8 Å². The summed E-state index contributed by atoms with van der Waals surface area (Å²) in [4.78, 5) is 0. The minimum atomic E-state index is 0. The molecule has 105 valence electrons. The van der Waals surface area contributed by atoms with Gasteiger partial charge in [0.15, 0.2) is 0 Å². The van der Waals surface area contributed by atoms with E-state index in [1.54, 1.807) is 0 Å². The Bertz CT molecular complexity index is 56.8. The summed E-state index contributed by atoms with van der Waals surface area (Å²) in [6.07, 6.45) is 2.17. The van der Waals surface area contributed by atoms with Gasteiger partial charge in [0.05, 0.1) is 0 Å². The van der Waals surface area contributed by atoms with Crippen molar-refractivity contribution in [3.05, 3.63) is 34.4 Å². The fourth-order valence-corrected chi connectivity index (χ4v) is 0.265. The summed E-state index contributed by atoms with van der Waals surface area (Å²) in [5.74, 6) is 0. The van der Waals surface area contributed by atoms with Crippen LogP contribution in [0.1, 0.15) is 19.3 Å². The van der Waals surface area contributed by atoms with Gasteiger partial charge in [-0.25, -0.2) is 0 Å². The molecule has 0 aliphatic rings. The molecule has 0 aromatic carbocycles. The molecule has 0 bridgehead atoms. The third kappa shape index (κ3) is 63.9. The van der Waals surface area contributed by atoms with Gasteiger partial charge in [-0.2, -0.15) is 39.3 Å². The number of nitrogens with one attached hydrogen (secondary N) is 6. The first-order valence-electron chi connectivity index (χ1n) is 5.12. The molecule has 7 heteroatoms. The zero-order valence-corrected chi connectivity index (χ0v) is 10.7. The van der Waals surface area contributed by atoms with Crippen LogP contribution in [0.4, 0.5) is 0 Å². The molecule has 6 nitrogen and oxygen atoms in total. The van der Waals surface area contributed by atoms with Crippen LogP contribution in [0.25, 0.3) is 34.4 Å². The molecule has 0 rings (SSSR count). The van der Waals surface area contributed by atoms with E-state index in [9.17, 15) is 0 Å². The van der Waals surface area contributed by atoms with Gasteiger partial charge in [0.1, 0.15) is 0 Å². The molecule has 0 aliphatic carbocycles. The molecule has 0 saturated heterocycles. The third-order valence-corrected chi connectivity index (χ3v) is 1.06. The largest absolute Gasteiger partial charge is 0.677 e. The van der Waals surface area contributed by atoms with E-state index in [1.165, 1.54) is 0 Å². The third-order valence-electron chi connectivity index (χ3n) is 1.06. The molecule has 0 heterocycles. The quantitative estimate of drug-likeness (QED) is 0.675. The Labute approximate surface area is 110 Å². The zero-order chi connectivity index (χ0) is 12.4. The first-order chi connectivity index (χ1) is 7.24. The van der Waals surface area contributed by atoms with E-state index in [1.807, 2.05) is 0 Å². The average molecular weight is 275 g/mol. The Balaban J connectivity index is -0.0000000655. The molecule has 0 fully saturated rings. The second-order valence-corrected chi connectivity index (χ2v) is 2.56. The summed E-state index contributed by atoms with van der Waals surface area (Å²) < 4.78 is 0. The SMILES string of the molecule is [Co].[NH-]CCC[NH-].[NH-]CCC[NH-].[NH-]CCC[NH-]. The van der Waals surface area contributed by atoms with Gasteiger partial charge in [-0.15, -0.1) is 0 Å². The summed E-state index contributed by atoms with van der Waals surface area (Å²) in [6.45, 7) is 2.44. The fraction of sp³-hybridized carbons (Fsp3) is 1.00. The topological polar surface area (TPSA) is 143 Å². The van der Waals surface area contributed by atoms with Crippen molar-refractivity contribution >= 4 is 0 Å². The maximum atomic E-state index is 6.48. The summed E-state index contributed by atoms with van der Waals surface area (Å²) in [5, 5.41) is 0. The molecule has 6 N–H and O–H groups in total. The molecule has 0 spiro atoms. The number of hydrogen-bond acceptors (Lipinski definition) is 0. The Morgan fingerprint density at radius 2 is 0.500 bits per heavy atom. The smallest absolute Gasteiger partial charge is 0 e. The molecular formula is C9H24CoN6-6. The van der Waals surface area contributed by atoms with E-state index in [4.69, 9.17) is 34.4 Å². The van der Waals surface area contributed by atoms with Crippen molar-refractivity contribution in [3.8, 4) is 0 Å². The summed E-state index contributed by atoms with van der Waals surface area (Å²) in [5.41, 5.74) is 38.9. The van der Waals surface area contributed by atoms with Crippen LogP contribution >= 0.6 is 0 Å². The summed E-state index contributed by atoms with van der Waals surface area (Å²) in [7, 11) is 0. The Morgan fingerprint density at radius 3 is 0.500 bits per heavy atom. The molecule has 16 heavy (non-hydrogen) atoms. The number of hydrogen-bond donors (Lipinski definition) is 0. The molecule has 0 aromatic heterocycles. The first kappa shape index (κ1) is 25.2. The standard InChI is InChI=1S/3C3H8N2.Co/c3*4-2-1-3-5;/h3*4-5H,1-3H2;/q3*-2;. The van der Waals surface area contributed by atoms with Gasteiger partial charge >= 0.3 is 0 Å². The molecule has 0 amide bonds. The van der Waals surface area contributed by atoms with Crippen LogP contribution in [0.2, 0.25) is 0 Å². The van der Waals surface area contributed by atoms with E-state index in [2.05, 4.69) is 0 Å². The van der Waals surface area contributed by atoms with Crippen molar-refractivity contribution in [2.75, 3.05) is 39.3 Å². The fourth-order valence-electron chi connectivity index (χ4n) is 0.265. The predicted molar refractivity (Wildman–Crippen MR) is 69.0 cm³/mol. The Hall–Kier alpha value is 0.266. The van der Waals surface area contributed by atoms with Crippen LogP contribution < -0.4 is 0 Å². The van der Waals surface area contributed by atoms with Gasteiger partial charge in [-0.3, -0.25) is 0 Å². The molecule has 0 aromatic rings. The van der Waals surface area contributed by atoms with Crippen molar-refractivity contribution in [1.82, 2.24) is 0 Å². The van der Waals surface area contributed by atoms with E-state index in [0.717, 1.165) is 19.3 Å². The average Bonchev–Trinajstić information content (AvgIpc) is 2.23. The van der Waals surface area contributed by atoms with Gasteiger partial charge in [0.25, 0.3) is 0 Å². The number of rotatable bonds is 6. The van der Waals surface area contributed by atoms with Crippen molar-refractivity contribution in [2.24, 2.45) is 0 Å². The van der Waals surface area contributed by atoms with Gasteiger partial charge in [0, 0.05) is 16.8 Å². The van der Waals surface area contributed by atoms with Gasteiger partial charge in [-0.05, 0) is 0 Å². The molecule has 0 saturated carbocycles. The molecule has 0 atom stereocenters. The zero-order valence-electron chi connectivity index (χ0n) is 9.70. The van der Waals surface area contributed by atoms with Crippen LogP contribution in [0, 0.1) is 0 Å². The first-order valence-corrected chi connectivity index (χ1v) is 5.12. The Kier molecular flexibility index (Phi) is 57.0. The molecule has 0 unspecified atom stereocenters. The minimum Gasteiger partial charge on any atom is -0.677 e. The van der Waals surface area contributed by atoms with Crippen molar-refractivity contribution < 1.29 is 16.8 Å². The van der Waals surface area contributed by atoms with E-state index >= 15 is 0 Å². The normalized spacial score (nSPS) is 7.88. The second-order valence-electron chi connectivity index (χ2n) is 2.56. The molecular weight excluding hydrogens is 251 g/mol. The van der Waals surface area contributed by atoms with Crippen LogP contribution in [0.15, 0.2) is 0 Å². The van der Waals surface area contributed by atoms with Gasteiger partial charge < -0.3 is 34.4 Å². The van der Waals surface area contributed by atoms with Crippen LogP contribution in [-0.4, -0.2) is 39.3 Å². The summed E-state index contributed by atoms with van der Waals surface area (Å²) >= 11 is 0. The minimum absolute atomic E-state index is 0.